The van der Waals surface area contributed by atoms with Crippen LogP contribution in [0.3, 0.4) is 0 Å². The van der Waals surface area contributed by atoms with Gasteiger partial charge in [0.15, 0.2) is 5.75 Å². The number of aromatic hydroxyl groups is 1. The van der Waals surface area contributed by atoms with Crippen molar-refractivity contribution in [2.45, 2.75) is 25.7 Å². The fourth-order valence-corrected chi connectivity index (χ4v) is 2.84. The number of nitrogens with two attached hydrogens (primary N) is 1. The number of rotatable bonds is 8. The van der Waals surface area contributed by atoms with Crippen molar-refractivity contribution < 1.29 is 28.8 Å². The Kier molecular flexibility index (Phi) is 6.68. The third-order valence-electron chi connectivity index (χ3n) is 3.74. The molecule has 0 fully saturated rings. The summed E-state index contributed by atoms with van der Waals surface area (Å²) in [5, 5.41) is 10.3. The van der Waals surface area contributed by atoms with E-state index in [0.717, 1.165) is 6.04 Å². The van der Waals surface area contributed by atoms with Crippen molar-refractivity contribution in [2.24, 2.45) is 0 Å². The lowest BCUT2D eigenvalue weighted by atomic mass is 10.1. The highest BCUT2D eigenvalue weighted by atomic mass is 28.3. The number of hydrogen-bond donors (Lipinski definition) is 2. The smallest absolute Gasteiger partial charge is 0.345 e. The van der Waals surface area contributed by atoms with Gasteiger partial charge in [-0.1, -0.05) is 19.6 Å². The van der Waals surface area contributed by atoms with Crippen LogP contribution in [0, 0.1) is 0 Å². The molecule has 10 heteroatoms. The van der Waals surface area contributed by atoms with Crippen LogP contribution in [-0.2, 0) is 4.74 Å². The number of aromatic nitrogens is 2. The molecule has 0 amide bonds. The van der Waals surface area contributed by atoms with Crippen molar-refractivity contribution in [1.82, 2.24) is 9.97 Å². The average molecular weight is 407 g/mol. The summed E-state index contributed by atoms with van der Waals surface area (Å²) in [4.78, 5) is 20.7. The maximum Gasteiger partial charge on any atom is 0.345 e. The Morgan fingerprint density at radius 3 is 2.29 bits per heavy atom. The van der Waals surface area contributed by atoms with Gasteiger partial charge in [0.05, 0.1) is 32.6 Å². The van der Waals surface area contributed by atoms with Gasteiger partial charge in [-0.2, -0.15) is 9.97 Å². The Morgan fingerprint density at radius 2 is 1.75 bits per heavy atom. The minimum absolute atomic E-state index is 0.00000898. The van der Waals surface area contributed by atoms with Gasteiger partial charge in [0, 0.05) is 8.07 Å². The van der Waals surface area contributed by atoms with Crippen LogP contribution in [0.2, 0.25) is 25.7 Å². The van der Waals surface area contributed by atoms with Crippen LogP contribution in [-0.4, -0.2) is 49.9 Å². The summed E-state index contributed by atoms with van der Waals surface area (Å²) in [6.07, 6.45) is 0. The van der Waals surface area contributed by atoms with Crippen molar-refractivity contribution in [3.8, 4) is 29.3 Å². The molecule has 152 valence electrons. The predicted molar refractivity (Wildman–Crippen MR) is 106 cm³/mol. The molecule has 1 aromatic heterocycles. The Balaban J connectivity index is 2.33. The Labute approximate surface area is 164 Å². The Morgan fingerprint density at radius 1 is 1.14 bits per heavy atom. The number of methoxy groups -OCH3 is 2. The highest BCUT2D eigenvalue weighted by molar-refractivity contribution is 6.76. The van der Waals surface area contributed by atoms with Crippen LogP contribution in [0.5, 0.6) is 29.3 Å². The van der Waals surface area contributed by atoms with Crippen LogP contribution in [0.15, 0.2) is 18.2 Å². The number of carbonyl (C=O) groups excluding carboxylic acids is 1. The SMILES string of the molecule is COc1cc(OC)nc(Oc2ccc(N)c(O)c2C(=O)OCC[Si](C)(C)C)n1. The molecular weight excluding hydrogens is 382 g/mol. The lowest BCUT2D eigenvalue weighted by Gasteiger charge is -2.17. The molecule has 0 aliphatic rings. The van der Waals surface area contributed by atoms with Crippen LogP contribution in [0.25, 0.3) is 0 Å². The normalized spacial score (nSPS) is 11.0. The first kappa shape index (κ1) is 21.3. The first-order valence-electron chi connectivity index (χ1n) is 8.58. The standard InChI is InChI=1S/C18H25N3O6Si/c1-24-13-10-14(25-2)21-18(20-13)27-12-7-6-11(19)16(22)15(12)17(23)26-8-9-28(3,4)5/h6-7,10,22H,8-9,19H2,1-5H3. The van der Waals surface area contributed by atoms with E-state index in [0.29, 0.717) is 0 Å². The van der Waals surface area contributed by atoms with E-state index in [1.54, 1.807) is 0 Å². The van der Waals surface area contributed by atoms with Gasteiger partial charge in [0.1, 0.15) is 11.3 Å². The summed E-state index contributed by atoms with van der Waals surface area (Å²) in [6, 6.07) is 4.96. The fourth-order valence-electron chi connectivity index (χ4n) is 2.13. The minimum Gasteiger partial charge on any atom is -0.505 e. The largest absolute Gasteiger partial charge is 0.505 e. The zero-order valence-corrected chi connectivity index (χ0v) is 17.6. The van der Waals surface area contributed by atoms with E-state index in [-0.39, 0.29) is 41.4 Å². The van der Waals surface area contributed by atoms with Crippen LogP contribution >= 0.6 is 0 Å². The minimum atomic E-state index is -1.39. The second-order valence-corrected chi connectivity index (χ2v) is 12.8. The zero-order valence-electron chi connectivity index (χ0n) is 16.6. The molecule has 0 saturated carbocycles. The highest BCUT2D eigenvalue weighted by Crippen LogP contribution is 2.36. The van der Waals surface area contributed by atoms with Gasteiger partial charge in [0.25, 0.3) is 0 Å². The van der Waals surface area contributed by atoms with Crippen molar-refractivity contribution in [3.63, 3.8) is 0 Å². The molecule has 28 heavy (non-hydrogen) atoms. The average Bonchev–Trinajstić information content (AvgIpc) is 2.63. The quantitative estimate of drug-likeness (QED) is 0.294. The molecule has 2 rings (SSSR count). The number of benzene rings is 1. The molecule has 1 heterocycles. The van der Waals surface area contributed by atoms with E-state index < -0.39 is 19.8 Å². The molecule has 0 atom stereocenters. The number of ether oxygens (including phenoxy) is 4. The van der Waals surface area contributed by atoms with Gasteiger partial charge in [-0.15, -0.1) is 0 Å². The second-order valence-electron chi connectivity index (χ2n) is 7.16. The molecule has 0 radical (unpaired) electrons. The topological polar surface area (TPSA) is 126 Å². The number of phenols is 1. The third-order valence-corrected chi connectivity index (χ3v) is 5.44. The van der Waals surface area contributed by atoms with Gasteiger partial charge in [-0.25, -0.2) is 4.79 Å². The summed E-state index contributed by atoms with van der Waals surface area (Å²) in [5.74, 6) is -0.750. The summed E-state index contributed by atoms with van der Waals surface area (Å²) in [5.41, 5.74) is 5.56. The summed E-state index contributed by atoms with van der Waals surface area (Å²) < 4.78 is 21.1. The van der Waals surface area contributed by atoms with E-state index in [9.17, 15) is 9.90 Å². The number of nitrogen functional groups attached to an aromatic ring is 1. The summed E-state index contributed by atoms with van der Waals surface area (Å²) in [6.45, 7) is 6.74. The first-order chi connectivity index (χ1) is 13.1. The predicted octanol–water partition coefficient (Wildman–Crippen LogP) is 3.07. The Hall–Kier alpha value is -3.01. The molecule has 0 spiro atoms. The monoisotopic (exact) mass is 407 g/mol. The number of anilines is 1. The van der Waals surface area contributed by atoms with Gasteiger partial charge >= 0.3 is 12.0 Å². The van der Waals surface area contributed by atoms with Crippen LogP contribution < -0.4 is 19.9 Å². The third kappa shape index (κ3) is 5.49. The molecule has 0 unspecified atom stereocenters. The molecular formula is C18H25N3O6Si. The summed E-state index contributed by atoms with van der Waals surface area (Å²) in [7, 11) is 1.48. The number of phenolic OH excluding ortho intramolecular Hbond substituents is 1. The van der Waals surface area contributed by atoms with Gasteiger partial charge < -0.3 is 29.8 Å². The fraction of sp³-hybridized carbons (Fsp3) is 0.389. The van der Waals surface area contributed by atoms with Crippen LogP contribution in [0.4, 0.5) is 5.69 Å². The van der Waals surface area contributed by atoms with E-state index in [2.05, 4.69) is 29.6 Å². The van der Waals surface area contributed by atoms with Crippen molar-refractivity contribution in [3.05, 3.63) is 23.8 Å². The summed E-state index contributed by atoms with van der Waals surface area (Å²) >= 11 is 0. The van der Waals surface area contributed by atoms with E-state index in [1.165, 1.54) is 32.4 Å². The number of carbonyl (C=O) groups is 1. The molecule has 0 saturated heterocycles. The second kappa shape index (κ2) is 8.78. The molecule has 0 aliphatic carbocycles. The maximum absolute atomic E-state index is 12.6. The van der Waals surface area contributed by atoms with E-state index >= 15 is 0 Å². The first-order valence-corrected chi connectivity index (χ1v) is 12.3. The maximum atomic E-state index is 12.6. The Bertz CT molecular complexity index is 832. The molecule has 0 bridgehead atoms. The lowest BCUT2D eigenvalue weighted by molar-refractivity contribution is 0.0519. The molecule has 3 N–H and O–H groups in total. The van der Waals surface area contributed by atoms with Gasteiger partial charge in [-0.05, 0) is 18.2 Å². The van der Waals surface area contributed by atoms with Crippen LogP contribution in [0.1, 0.15) is 10.4 Å². The van der Waals surface area contributed by atoms with Crippen molar-refractivity contribution in [2.75, 3.05) is 26.6 Å². The molecule has 0 aliphatic heterocycles. The zero-order chi connectivity index (χ0) is 20.9. The van der Waals surface area contributed by atoms with Gasteiger partial charge in [0.2, 0.25) is 11.8 Å². The molecule has 2 aromatic rings. The van der Waals surface area contributed by atoms with Crippen molar-refractivity contribution in [1.29, 1.82) is 0 Å². The lowest BCUT2D eigenvalue weighted by Crippen LogP contribution is -2.23. The van der Waals surface area contributed by atoms with Crippen molar-refractivity contribution >= 4 is 19.7 Å². The van der Waals surface area contributed by atoms with E-state index in [4.69, 9.17) is 24.7 Å². The van der Waals surface area contributed by atoms with E-state index in [1.807, 2.05) is 0 Å². The number of esters is 1. The highest BCUT2D eigenvalue weighted by Gasteiger charge is 2.24. The number of hydrogen-bond acceptors (Lipinski definition) is 9. The van der Waals surface area contributed by atoms with Gasteiger partial charge in [-0.3, -0.25) is 0 Å². The molecule has 1 aromatic carbocycles. The molecule has 9 nitrogen and oxygen atoms in total. The number of nitrogens with zero attached hydrogens (tertiary/aromatic N) is 2.